The van der Waals surface area contributed by atoms with Crippen LogP contribution in [0, 0.1) is 0 Å². The molecule has 1 N–H and O–H groups in total. The van der Waals surface area contributed by atoms with Gasteiger partial charge < -0.3 is 5.32 Å². The van der Waals surface area contributed by atoms with E-state index in [1.54, 1.807) is 0 Å². The molecule has 1 heterocycles. The maximum Gasteiger partial charge on any atom is 0.150 e. The lowest BCUT2D eigenvalue weighted by molar-refractivity contribution is 0.419. The second-order valence-electron chi connectivity index (χ2n) is 4.51. The second kappa shape index (κ2) is 5.99. The van der Waals surface area contributed by atoms with Crippen molar-refractivity contribution in [1.29, 1.82) is 0 Å². The highest BCUT2D eigenvalue weighted by molar-refractivity contribution is 4.94. The molecule has 1 atom stereocenters. The van der Waals surface area contributed by atoms with E-state index in [1.165, 1.54) is 0 Å². The molecule has 0 fully saturated rings. The van der Waals surface area contributed by atoms with E-state index in [0.717, 1.165) is 31.0 Å². The Morgan fingerprint density at radius 1 is 1.19 bits per heavy atom. The molecule has 4 nitrogen and oxygen atoms in total. The lowest BCUT2D eigenvalue weighted by Gasteiger charge is -2.16. The Morgan fingerprint density at radius 3 is 2.38 bits per heavy atom. The van der Waals surface area contributed by atoms with E-state index in [1.807, 2.05) is 0 Å². The first-order valence-electron chi connectivity index (χ1n) is 6.26. The Hall–Kier alpha value is -0.900. The van der Waals surface area contributed by atoms with Gasteiger partial charge in [-0.3, -0.25) is 0 Å². The molecule has 0 aliphatic carbocycles. The van der Waals surface area contributed by atoms with E-state index in [4.69, 9.17) is 0 Å². The quantitative estimate of drug-likeness (QED) is 0.803. The van der Waals surface area contributed by atoms with Gasteiger partial charge in [-0.2, -0.15) is 5.10 Å². The van der Waals surface area contributed by atoms with Crippen molar-refractivity contribution < 1.29 is 0 Å². The molecule has 0 radical (unpaired) electrons. The number of aryl methyl sites for hydroxylation is 2. The summed E-state index contributed by atoms with van der Waals surface area (Å²) in [7, 11) is 0. The zero-order valence-electron chi connectivity index (χ0n) is 11.1. The van der Waals surface area contributed by atoms with Crippen molar-refractivity contribution in [2.75, 3.05) is 6.54 Å². The van der Waals surface area contributed by atoms with Crippen LogP contribution in [0.4, 0.5) is 0 Å². The van der Waals surface area contributed by atoms with Gasteiger partial charge in [0, 0.05) is 25.4 Å². The summed E-state index contributed by atoms with van der Waals surface area (Å²) in [6.45, 7) is 11.7. The molecule has 0 aliphatic heterocycles. The summed E-state index contributed by atoms with van der Waals surface area (Å²) in [5.41, 5.74) is 0. The fourth-order valence-corrected chi connectivity index (χ4v) is 1.64. The Labute approximate surface area is 98.5 Å². The van der Waals surface area contributed by atoms with Crippen LogP contribution in [-0.2, 0) is 12.8 Å². The normalized spacial score (nSPS) is 13.4. The molecule has 0 aliphatic rings. The molecule has 0 bridgehead atoms. The molecule has 1 aromatic heterocycles. The summed E-state index contributed by atoms with van der Waals surface area (Å²) < 4.78 is 2.06. The highest BCUT2D eigenvalue weighted by Gasteiger charge is 2.13. The Kier molecular flexibility index (Phi) is 4.93. The van der Waals surface area contributed by atoms with Crippen LogP contribution in [-0.4, -0.2) is 27.4 Å². The summed E-state index contributed by atoms with van der Waals surface area (Å²) >= 11 is 0. The molecule has 0 saturated heterocycles. The molecule has 0 aromatic carbocycles. The fourth-order valence-electron chi connectivity index (χ4n) is 1.64. The van der Waals surface area contributed by atoms with Crippen LogP contribution < -0.4 is 5.32 Å². The lowest BCUT2D eigenvalue weighted by atomic mass is 10.3. The SMILES string of the molecule is CCc1nc(CC)n(C(C)CNC(C)C)n1. The summed E-state index contributed by atoms with van der Waals surface area (Å²) in [4.78, 5) is 4.52. The first-order chi connectivity index (χ1) is 7.58. The van der Waals surface area contributed by atoms with Gasteiger partial charge in [-0.25, -0.2) is 9.67 Å². The lowest BCUT2D eigenvalue weighted by Crippen LogP contribution is -2.30. The first kappa shape index (κ1) is 13.2. The Bertz CT molecular complexity index is 317. The van der Waals surface area contributed by atoms with Gasteiger partial charge in [-0.15, -0.1) is 0 Å². The standard InChI is InChI=1S/C12H24N4/c1-6-11-14-12(7-2)16(15-11)10(5)8-13-9(3)4/h9-10,13H,6-8H2,1-5H3. The van der Waals surface area contributed by atoms with Gasteiger partial charge in [0.05, 0.1) is 6.04 Å². The van der Waals surface area contributed by atoms with Crippen LogP contribution in [0.2, 0.25) is 0 Å². The van der Waals surface area contributed by atoms with E-state index in [2.05, 4.69) is 54.7 Å². The van der Waals surface area contributed by atoms with Crippen LogP contribution in [0.5, 0.6) is 0 Å². The number of hydrogen-bond acceptors (Lipinski definition) is 3. The zero-order valence-corrected chi connectivity index (χ0v) is 11.1. The Morgan fingerprint density at radius 2 is 1.88 bits per heavy atom. The minimum absolute atomic E-state index is 0.366. The monoisotopic (exact) mass is 224 g/mol. The van der Waals surface area contributed by atoms with Crippen LogP contribution in [0.15, 0.2) is 0 Å². The average molecular weight is 224 g/mol. The van der Waals surface area contributed by atoms with Crippen molar-refractivity contribution in [2.45, 2.75) is 59.5 Å². The van der Waals surface area contributed by atoms with E-state index in [-0.39, 0.29) is 0 Å². The third kappa shape index (κ3) is 3.30. The molecule has 16 heavy (non-hydrogen) atoms. The van der Waals surface area contributed by atoms with E-state index >= 15 is 0 Å². The van der Waals surface area contributed by atoms with Gasteiger partial charge in [0.1, 0.15) is 5.82 Å². The van der Waals surface area contributed by atoms with Gasteiger partial charge in [-0.1, -0.05) is 27.7 Å². The molecular weight excluding hydrogens is 200 g/mol. The van der Waals surface area contributed by atoms with Crippen molar-refractivity contribution in [1.82, 2.24) is 20.1 Å². The molecule has 0 spiro atoms. The van der Waals surface area contributed by atoms with Gasteiger partial charge in [-0.05, 0) is 6.92 Å². The molecule has 1 aromatic rings. The molecule has 1 unspecified atom stereocenters. The van der Waals surface area contributed by atoms with Crippen molar-refractivity contribution in [3.8, 4) is 0 Å². The minimum atomic E-state index is 0.366. The molecular formula is C12H24N4. The van der Waals surface area contributed by atoms with Crippen LogP contribution in [0.1, 0.15) is 52.3 Å². The van der Waals surface area contributed by atoms with Gasteiger partial charge in [0.15, 0.2) is 5.82 Å². The smallest absolute Gasteiger partial charge is 0.150 e. The highest BCUT2D eigenvalue weighted by Crippen LogP contribution is 2.09. The maximum absolute atomic E-state index is 4.54. The summed E-state index contributed by atoms with van der Waals surface area (Å²) in [6, 6.07) is 0.881. The van der Waals surface area contributed by atoms with Gasteiger partial charge >= 0.3 is 0 Å². The van der Waals surface area contributed by atoms with Crippen LogP contribution >= 0.6 is 0 Å². The predicted octanol–water partition coefficient (Wildman–Crippen LogP) is 1.96. The first-order valence-corrected chi connectivity index (χ1v) is 6.26. The number of aromatic nitrogens is 3. The maximum atomic E-state index is 4.54. The van der Waals surface area contributed by atoms with Crippen molar-refractivity contribution in [3.63, 3.8) is 0 Å². The van der Waals surface area contributed by atoms with Crippen LogP contribution in [0.3, 0.4) is 0 Å². The zero-order chi connectivity index (χ0) is 12.1. The molecule has 1 rings (SSSR count). The molecule has 4 heteroatoms. The number of hydrogen-bond donors (Lipinski definition) is 1. The van der Waals surface area contributed by atoms with E-state index < -0.39 is 0 Å². The summed E-state index contributed by atoms with van der Waals surface area (Å²) in [6.07, 6.45) is 1.85. The van der Waals surface area contributed by atoms with Crippen molar-refractivity contribution >= 4 is 0 Å². The second-order valence-corrected chi connectivity index (χ2v) is 4.51. The molecule has 92 valence electrons. The summed E-state index contributed by atoms with van der Waals surface area (Å²) in [5, 5.41) is 7.98. The average Bonchev–Trinajstić information content (AvgIpc) is 2.68. The minimum Gasteiger partial charge on any atom is -0.312 e. The number of nitrogens with one attached hydrogen (secondary N) is 1. The number of rotatable bonds is 6. The topological polar surface area (TPSA) is 42.7 Å². The van der Waals surface area contributed by atoms with E-state index in [0.29, 0.717) is 12.1 Å². The van der Waals surface area contributed by atoms with E-state index in [9.17, 15) is 0 Å². The predicted molar refractivity (Wildman–Crippen MR) is 66.6 cm³/mol. The third-order valence-corrected chi connectivity index (χ3v) is 2.62. The largest absolute Gasteiger partial charge is 0.312 e. The van der Waals surface area contributed by atoms with Crippen molar-refractivity contribution in [3.05, 3.63) is 11.6 Å². The Balaban J connectivity index is 2.72. The van der Waals surface area contributed by atoms with Gasteiger partial charge in [0.25, 0.3) is 0 Å². The highest BCUT2D eigenvalue weighted by atomic mass is 15.4. The molecule has 0 saturated carbocycles. The third-order valence-electron chi connectivity index (χ3n) is 2.62. The number of nitrogens with zero attached hydrogens (tertiary/aromatic N) is 3. The summed E-state index contributed by atoms with van der Waals surface area (Å²) in [5.74, 6) is 2.04. The molecule has 0 amide bonds. The fraction of sp³-hybridized carbons (Fsp3) is 0.833. The van der Waals surface area contributed by atoms with Crippen molar-refractivity contribution in [2.24, 2.45) is 0 Å². The van der Waals surface area contributed by atoms with Gasteiger partial charge in [0.2, 0.25) is 0 Å². The van der Waals surface area contributed by atoms with Crippen LogP contribution in [0.25, 0.3) is 0 Å².